The molecule has 30 heavy (non-hydrogen) atoms. The van der Waals surface area contributed by atoms with Gasteiger partial charge in [-0.05, 0) is 31.7 Å². The van der Waals surface area contributed by atoms with Gasteiger partial charge in [0, 0.05) is 55.7 Å². The minimum absolute atomic E-state index is 0.0149. The number of para-hydroxylation sites is 1. The van der Waals surface area contributed by atoms with Gasteiger partial charge < -0.3 is 14.6 Å². The van der Waals surface area contributed by atoms with E-state index in [1.54, 1.807) is 7.11 Å². The molecule has 2 aromatic rings. The van der Waals surface area contributed by atoms with Crippen molar-refractivity contribution in [1.29, 1.82) is 0 Å². The van der Waals surface area contributed by atoms with Crippen LogP contribution < -0.4 is 10.3 Å². The predicted molar refractivity (Wildman–Crippen MR) is 112 cm³/mol. The molecular formula is C23H28N4O3. The zero-order valence-corrected chi connectivity index (χ0v) is 17.4. The van der Waals surface area contributed by atoms with Crippen molar-refractivity contribution in [3.63, 3.8) is 0 Å². The summed E-state index contributed by atoms with van der Waals surface area (Å²) in [5.41, 5.74) is 2.80. The normalized spacial score (nSPS) is 21.5. The zero-order chi connectivity index (χ0) is 20.7. The monoisotopic (exact) mass is 408 g/mol. The number of nitrogens with zero attached hydrogens (tertiary/aromatic N) is 3. The van der Waals surface area contributed by atoms with Gasteiger partial charge in [0.1, 0.15) is 11.6 Å². The highest BCUT2D eigenvalue weighted by Crippen LogP contribution is 2.34. The molecule has 1 aliphatic carbocycles. The van der Waals surface area contributed by atoms with E-state index in [0.717, 1.165) is 67.3 Å². The van der Waals surface area contributed by atoms with Crippen molar-refractivity contribution >= 4 is 5.91 Å². The number of ether oxygens (including phenoxy) is 1. The number of carbonyl (C=O) groups excluding carboxylic acids is 1. The molecule has 7 nitrogen and oxygen atoms in total. The molecule has 0 radical (unpaired) electrons. The number of fused-ring (bicyclic) bond motifs is 1. The van der Waals surface area contributed by atoms with Crippen molar-refractivity contribution in [3.05, 3.63) is 57.3 Å². The minimum atomic E-state index is -0.0149. The number of rotatable bonds is 5. The summed E-state index contributed by atoms with van der Waals surface area (Å²) < 4.78 is 5.48. The summed E-state index contributed by atoms with van der Waals surface area (Å²) >= 11 is 0. The van der Waals surface area contributed by atoms with Crippen molar-refractivity contribution in [2.75, 3.05) is 26.7 Å². The number of likely N-dealkylation sites (tertiary alicyclic amines) is 1. The molecule has 2 aliphatic heterocycles. The highest BCUT2D eigenvalue weighted by Gasteiger charge is 2.37. The first kappa shape index (κ1) is 19.3. The number of methoxy groups -OCH3 is 1. The molecule has 5 rings (SSSR count). The van der Waals surface area contributed by atoms with Crippen LogP contribution in [0.15, 0.2) is 29.1 Å². The Hall–Kier alpha value is -2.67. The van der Waals surface area contributed by atoms with E-state index >= 15 is 0 Å². The van der Waals surface area contributed by atoms with Crippen LogP contribution in [-0.4, -0.2) is 52.4 Å². The van der Waals surface area contributed by atoms with Gasteiger partial charge in [0.15, 0.2) is 0 Å². The standard InChI is InChI=1S/C23H28N4O3/c1-30-20-5-3-2-4-16(20)12-26-10-9-18-19(14-26)24-21(25-22(18)28)17-8-11-27(13-17)23(29)15-6-7-15/h2-5,15,17H,6-14H2,1H3,(H,24,25,28). The largest absolute Gasteiger partial charge is 0.496 e. The Labute approximate surface area is 176 Å². The van der Waals surface area contributed by atoms with E-state index < -0.39 is 0 Å². The van der Waals surface area contributed by atoms with Crippen LogP contribution in [0, 0.1) is 5.92 Å². The Morgan fingerprint density at radius 2 is 2.07 bits per heavy atom. The molecule has 7 heteroatoms. The number of hydrogen-bond donors (Lipinski definition) is 1. The maximum atomic E-state index is 12.7. The number of nitrogens with one attached hydrogen (secondary N) is 1. The van der Waals surface area contributed by atoms with Gasteiger partial charge in [-0.3, -0.25) is 14.5 Å². The molecular weight excluding hydrogens is 380 g/mol. The smallest absolute Gasteiger partial charge is 0.254 e. The molecule has 1 aromatic carbocycles. The third-order valence-corrected chi connectivity index (χ3v) is 6.57. The molecule has 3 heterocycles. The van der Waals surface area contributed by atoms with Crippen LogP contribution in [0.5, 0.6) is 5.75 Å². The van der Waals surface area contributed by atoms with Crippen molar-refractivity contribution in [2.24, 2.45) is 5.92 Å². The molecule has 3 aliphatic rings. The lowest BCUT2D eigenvalue weighted by Gasteiger charge is -2.28. The molecule has 1 atom stereocenters. The molecule has 1 aromatic heterocycles. The van der Waals surface area contributed by atoms with E-state index in [1.165, 1.54) is 0 Å². The summed E-state index contributed by atoms with van der Waals surface area (Å²) in [4.78, 5) is 37.3. The van der Waals surface area contributed by atoms with Gasteiger partial charge in [0.25, 0.3) is 5.56 Å². The van der Waals surface area contributed by atoms with Crippen molar-refractivity contribution < 1.29 is 9.53 Å². The zero-order valence-electron chi connectivity index (χ0n) is 17.4. The first-order valence-corrected chi connectivity index (χ1v) is 10.9. The van der Waals surface area contributed by atoms with Crippen LogP contribution in [0.2, 0.25) is 0 Å². The lowest BCUT2D eigenvalue weighted by molar-refractivity contribution is -0.131. The summed E-state index contributed by atoms with van der Waals surface area (Å²) in [6, 6.07) is 8.05. The van der Waals surface area contributed by atoms with E-state index in [4.69, 9.17) is 9.72 Å². The van der Waals surface area contributed by atoms with Crippen LogP contribution >= 0.6 is 0 Å². The van der Waals surface area contributed by atoms with Gasteiger partial charge in [0.2, 0.25) is 5.91 Å². The van der Waals surface area contributed by atoms with Crippen LogP contribution in [0.1, 0.15) is 47.8 Å². The lowest BCUT2D eigenvalue weighted by Crippen LogP contribution is -2.36. The molecule has 1 unspecified atom stereocenters. The quantitative estimate of drug-likeness (QED) is 0.819. The van der Waals surface area contributed by atoms with E-state index in [2.05, 4.69) is 16.0 Å². The summed E-state index contributed by atoms with van der Waals surface area (Å²) in [5.74, 6) is 2.26. The molecule has 1 saturated carbocycles. The third-order valence-electron chi connectivity index (χ3n) is 6.57. The van der Waals surface area contributed by atoms with Crippen LogP contribution in [0.25, 0.3) is 0 Å². The first-order valence-electron chi connectivity index (χ1n) is 10.9. The third kappa shape index (κ3) is 3.74. The molecule has 1 N–H and O–H groups in total. The van der Waals surface area contributed by atoms with Gasteiger partial charge in [-0.1, -0.05) is 18.2 Å². The summed E-state index contributed by atoms with van der Waals surface area (Å²) in [6.07, 6.45) is 3.61. The molecule has 1 amide bonds. The summed E-state index contributed by atoms with van der Waals surface area (Å²) in [6.45, 7) is 3.67. The summed E-state index contributed by atoms with van der Waals surface area (Å²) in [7, 11) is 1.69. The SMILES string of the molecule is COc1ccccc1CN1CCc2c(nc(C3CCN(C(=O)C4CC4)C3)[nH]c2=O)C1. The highest BCUT2D eigenvalue weighted by atomic mass is 16.5. The minimum Gasteiger partial charge on any atom is -0.496 e. The lowest BCUT2D eigenvalue weighted by atomic mass is 10.0. The Morgan fingerprint density at radius 3 is 2.87 bits per heavy atom. The van der Waals surface area contributed by atoms with Crippen molar-refractivity contribution in [2.45, 2.75) is 44.7 Å². The second-order valence-electron chi connectivity index (χ2n) is 8.69. The van der Waals surface area contributed by atoms with E-state index in [-0.39, 0.29) is 23.3 Å². The second kappa shape index (κ2) is 7.87. The first-order chi connectivity index (χ1) is 14.6. The maximum absolute atomic E-state index is 12.7. The van der Waals surface area contributed by atoms with Gasteiger partial charge in [-0.15, -0.1) is 0 Å². The fourth-order valence-corrected chi connectivity index (χ4v) is 4.69. The van der Waals surface area contributed by atoms with Gasteiger partial charge in [-0.25, -0.2) is 4.98 Å². The Kier molecular flexibility index (Phi) is 5.06. The van der Waals surface area contributed by atoms with E-state index in [0.29, 0.717) is 19.5 Å². The maximum Gasteiger partial charge on any atom is 0.254 e. The number of amides is 1. The fraction of sp³-hybridized carbons (Fsp3) is 0.522. The van der Waals surface area contributed by atoms with Gasteiger partial charge >= 0.3 is 0 Å². The average molecular weight is 409 g/mol. The number of H-pyrrole nitrogens is 1. The van der Waals surface area contributed by atoms with Crippen LogP contribution in [0.4, 0.5) is 0 Å². The fourth-order valence-electron chi connectivity index (χ4n) is 4.69. The second-order valence-corrected chi connectivity index (χ2v) is 8.69. The van der Waals surface area contributed by atoms with Crippen LogP contribution in [0.3, 0.4) is 0 Å². The van der Waals surface area contributed by atoms with Crippen molar-refractivity contribution in [1.82, 2.24) is 19.8 Å². The topological polar surface area (TPSA) is 78.5 Å². The Morgan fingerprint density at radius 1 is 1.23 bits per heavy atom. The summed E-state index contributed by atoms with van der Waals surface area (Å²) in [5, 5.41) is 0. The van der Waals surface area contributed by atoms with E-state index in [9.17, 15) is 9.59 Å². The molecule has 2 fully saturated rings. The molecule has 0 spiro atoms. The van der Waals surface area contributed by atoms with Crippen LogP contribution in [-0.2, 0) is 24.3 Å². The molecule has 0 bridgehead atoms. The average Bonchev–Trinajstić information content (AvgIpc) is 3.49. The number of aromatic amines is 1. The Balaban J connectivity index is 1.32. The predicted octanol–water partition coefficient (Wildman–Crippen LogP) is 2.06. The molecule has 158 valence electrons. The van der Waals surface area contributed by atoms with Crippen molar-refractivity contribution in [3.8, 4) is 5.75 Å². The Bertz CT molecular complexity index is 1010. The number of benzene rings is 1. The van der Waals surface area contributed by atoms with E-state index in [1.807, 2.05) is 23.1 Å². The van der Waals surface area contributed by atoms with Gasteiger partial charge in [-0.2, -0.15) is 0 Å². The number of aromatic nitrogens is 2. The number of carbonyl (C=O) groups is 1. The van der Waals surface area contributed by atoms with Gasteiger partial charge in [0.05, 0.1) is 12.8 Å². The molecule has 1 saturated heterocycles. The highest BCUT2D eigenvalue weighted by molar-refractivity contribution is 5.81. The number of hydrogen-bond acceptors (Lipinski definition) is 5.